The Morgan fingerprint density at radius 2 is 1.90 bits per heavy atom. The number of carbonyl (C=O) groups excluding carboxylic acids is 1. The molecule has 1 rings (SSSR count). The first-order valence-corrected chi connectivity index (χ1v) is 7.32. The molecule has 0 spiro atoms. The fraction of sp³-hybridized carbons (Fsp3) is 0.562. The van der Waals surface area contributed by atoms with Gasteiger partial charge in [0.2, 0.25) is 0 Å². The predicted molar refractivity (Wildman–Crippen MR) is 81.5 cm³/mol. The Labute approximate surface area is 121 Å². The Balaban J connectivity index is 2.25. The molecule has 20 heavy (non-hydrogen) atoms. The lowest BCUT2D eigenvalue weighted by Crippen LogP contribution is -2.43. The van der Waals surface area contributed by atoms with Gasteiger partial charge in [-0.2, -0.15) is 0 Å². The highest BCUT2D eigenvalue weighted by molar-refractivity contribution is 5.74. The zero-order chi connectivity index (χ0) is 15.0. The number of aliphatic hydroxyl groups excluding tert-OH is 1. The van der Waals surface area contributed by atoms with Gasteiger partial charge in [-0.15, -0.1) is 0 Å². The number of carbonyl (C=O) groups is 1. The molecule has 0 saturated heterocycles. The van der Waals surface area contributed by atoms with Gasteiger partial charge in [0.15, 0.2) is 0 Å². The summed E-state index contributed by atoms with van der Waals surface area (Å²) in [6, 6.07) is 9.46. The number of aliphatic hydroxyl groups is 1. The third kappa shape index (κ3) is 5.61. The molecule has 1 aromatic rings. The first kappa shape index (κ1) is 16.5. The molecule has 0 aliphatic heterocycles. The van der Waals surface area contributed by atoms with Crippen molar-refractivity contribution in [1.82, 2.24) is 10.6 Å². The molecule has 0 heterocycles. The zero-order valence-electron chi connectivity index (χ0n) is 12.6. The van der Waals surface area contributed by atoms with E-state index < -0.39 is 6.10 Å². The standard InChI is InChI=1S/C16H26N2O2/c1-4-12(2)13(3)18-16(20)17-11-10-15(19)14-8-6-5-7-9-14/h5-9,12-13,15,19H,4,10-11H2,1-3H3,(H2,17,18,20). The summed E-state index contributed by atoms with van der Waals surface area (Å²) in [5, 5.41) is 15.7. The van der Waals surface area contributed by atoms with Crippen molar-refractivity contribution in [2.45, 2.75) is 45.8 Å². The van der Waals surface area contributed by atoms with Crippen LogP contribution in [0.3, 0.4) is 0 Å². The van der Waals surface area contributed by atoms with Crippen LogP contribution < -0.4 is 10.6 Å². The van der Waals surface area contributed by atoms with Crippen LogP contribution >= 0.6 is 0 Å². The second-order valence-electron chi connectivity index (χ2n) is 5.29. The Kier molecular flexibility index (Phi) is 7.09. The zero-order valence-corrected chi connectivity index (χ0v) is 12.6. The highest BCUT2D eigenvalue weighted by Crippen LogP contribution is 2.14. The number of amides is 2. The van der Waals surface area contributed by atoms with Crippen LogP contribution in [0.25, 0.3) is 0 Å². The molecule has 0 fully saturated rings. The summed E-state index contributed by atoms with van der Waals surface area (Å²) in [4.78, 5) is 11.7. The minimum Gasteiger partial charge on any atom is -0.388 e. The van der Waals surface area contributed by atoms with E-state index in [9.17, 15) is 9.90 Å². The third-order valence-electron chi connectivity index (χ3n) is 3.74. The van der Waals surface area contributed by atoms with Crippen molar-refractivity contribution in [2.24, 2.45) is 5.92 Å². The van der Waals surface area contributed by atoms with Gasteiger partial charge in [0.05, 0.1) is 6.10 Å². The first-order chi connectivity index (χ1) is 9.54. The molecule has 1 aromatic carbocycles. The van der Waals surface area contributed by atoms with Crippen molar-refractivity contribution >= 4 is 6.03 Å². The minimum absolute atomic E-state index is 0.152. The lowest BCUT2D eigenvalue weighted by Gasteiger charge is -2.20. The van der Waals surface area contributed by atoms with Crippen LogP contribution in [0.2, 0.25) is 0 Å². The predicted octanol–water partition coefficient (Wildman–Crippen LogP) is 2.84. The normalized spacial score (nSPS) is 15.2. The molecule has 4 heteroatoms. The number of rotatable bonds is 7. The fourth-order valence-electron chi connectivity index (χ4n) is 1.92. The van der Waals surface area contributed by atoms with Gasteiger partial charge in [-0.1, -0.05) is 50.6 Å². The molecular formula is C16H26N2O2. The summed E-state index contributed by atoms with van der Waals surface area (Å²) in [6.07, 6.45) is 1.01. The van der Waals surface area contributed by atoms with Crippen LogP contribution in [-0.4, -0.2) is 23.7 Å². The van der Waals surface area contributed by atoms with Crippen molar-refractivity contribution in [2.75, 3.05) is 6.54 Å². The topological polar surface area (TPSA) is 61.4 Å². The van der Waals surface area contributed by atoms with E-state index in [-0.39, 0.29) is 12.1 Å². The number of nitrogens with one attached hydrogen (secondary N) is 2. The Morgan fingerprint density at radius 3 is 2.50 bits per heavy atom. The smallest absolute Gasteiger partial charge is 0.315 e. The molecule has 0 aliphatic rings. The van der Waals surface area contributed by atoms with Crippen LogP contribution in [0, 0.1) is 5.92 Å². The van der Waals surface area contributed by atoms with Crippen LogP contribution in [0.4, 0.5) is 4.79 Å². The highest BCUT2D eigenvalue weighted by atomic mass is 16.3. The summed E-state index contributed by atoms with van der Waals surface area (Å²) in [5.74, 6) is 0.454. The molecule has 2 amide bonds. The van der Waals surface area contributed by atoms with Crippen molar-refractivity contribution in [3.63, 3.8) is 0 Å². The molecule has 3 unspecified atom stereocenters. The van der Waals surface area contributed by atoms with Gasteiger partial charge in [-0.25, -0.2) is 4.79 Å². The fourth-order valence-corrected chi connectivity index (χ4v) is 1.92. The van der Waals surface area contributed by atoms with Gasteiger partial charge in [0.25, 0.3) is 0 Å². The lowest BCUT2D eigenvalue weighted by atomic mass is 10.0. The van der Waals surface area contributed by atoms with Crippen LogP contribution in [-0.2, 0) is 0 Å². The largest absolute Gasteiger partial charge is 0.388 e. The van der Waals surface area contributed by atoms with Crippen LogP contribution in [0.1, 0.15) is 45.3 Å². The third-order valence-corrected chi connectivity index (χ3v) is 3.74. The molecular weight excluding hydrogens is 252 g/mol. The summed E-state index contributed by atoms with van der Waals surface area (Å²) in [6.45, 7) is 6.68. The molecule has 112 valence electrons. The molecule has 0 aliphatic carbocycles. The van der Waals surface area contributed by atoms with E-state index in [2.05, 4.69) is 24.5 Å². The van der Waals surface area contributed by atoms with E-state index in [1.54, 1.807) is 0 Å². The molecule has 4 nitrogen and oxygen atoms in total. The van der Waals surface area contributed by atoms with Crippen molar-refractivity contribution in [1.29, 1.82) is 0 Å². The van der Waals surface area contributed by atoms with Crippen molar-refractivity contribution < 1.29 is 9.90 Å². The monoisotopic (exact) mass is 278 g/mol. The Hall–Kier alpha value is -1.55. The van der Waals surface area contributed by atoms with E-state index in [0.717, 1.165) is 12.0 Å². The maximum Gasteiger partial charge on any atom is 0.315 e. The van der Waals surface area contributed by atoms with Crippen LogP contribution in [0.15, 0.2) is 30.3 Å². The average Bonchev–Trinajstić information content (AvgIpc) is 2.47. The van der Waals surface area contributed by atoms with E-state index in [1.807, 2.05) is 37.3 Å². The van der Waals surface area contributed by atoms with Crippen LogP contribution in [0.5, 0.6) is 0 Å². The lowest BCUT2D eigenvalue weighted by molar-refractivity contribution is 0.166. The second-order valence-corrected chi connectivity index (χ2v) is 5.29. The first-order valence-electron chi connectivity index (χ1n) is 7.32. The number of hydrogen-bond acceptors (Lipinski definition) is 2. The van der Waals surface area contributed by atoms with E-state index in [1.165, 1.54) is 0 Å². The molecule has 0 radical (unpaired) electrons. The minimum atomic E-state index is -0.538. The van der Waals surface area contributed by atoms with E-state index >= 15 is 0 Å². The summed E-state index contributed by atoms with van der Waals surface area (Å²) >= 11 is 0. The summed E-state index contributed by atoms with van der Waals surface area (Å²) in [5.41, 5.74) is 0.877. The molecule has 0 saturated carbocycles. The van der Waals surface area contributed by atoms with Gasteiger partial charge < -0.3 is 15.7 Å². The quantitative estimate of drug-likeness (QED) is 0.718. The number of benzene rings is 1. The Morgan fingerprint density at radius 1 is 1.25 bits per heavy atom. The molecule has 3 atom stereocenters. The summed E-state index contributed by atoms with van der Waals surface area (Å²) in [7, 11) is 0. The molecule has 0 bridgehead atoms. The van der Waals surface area contributed by atoms with Crippen molar-refractivity contribution in [3.8, 4) is 0 Å². The SMILES string of the molecule is CCC(C)C(C)NC(=O)NCCC(O)c1ccccc1. The molecule has 0 aromatic heterocycles. The van der Waals surface area contributed by atoms with E-state index in [0.29, 0.717) is 18.9 Å². The Bertz CT molecular complexity index is 395. The van der Waals surface area contributed by atoms with Gasteiger partial charge in [0.1, 0.15) is 0 Å². The van der Waals surface area contributed by atoms with Gasteiger partial charge in [0, 0.05) is 12.6 Å². The highest BCUT2D eigenvalue weighted by Gasteiger charge is 2.13. The van der Waals surface area contributed by atoms with Gasteiger partial charge in [-0.3, -0.25) is 0 Å². The summed E-state index contributed by atoms with van der Waals surface area (Å²) < 4.78 is 0. The average molecular weight is 278 g/mol. The maximum absolute atomic E-state index is 11.7. The van der Waals surface area contributed by atoms with Gasteiger partial charge in [-0.05, 0) is 24.8 Å². The van der Waals surface area contributed by atoms with Crippen molar-refractivity contribution in [3.05, 3.63) is 35.9 Å². The van der Waals surface area contributed by atoms with E-state index in [4.69, 9.17) is 0 Å². The molecule has 3 N–H and O–H groups in total. The number of hydrogen-bond donors (Lipinski definition) is 3. The second kappa shape index (κ2) is 8.59. The maximum atomic E-state index is 11.7. The van der Waals surface area contributed by atoms with Gasteiger partial charge >= 0.3 is 6.03 Å². The number of urea groups is 1.